The Morgan fingerprint density at radius 2 is 2.62 bits per heavy atom. The number of anilines is 1. The van der Waals surface area contributed by atoms with E-state index in [1.165, 1.54) is 0 Å². The summed E-state index contributed by atoms with van der Waals surface area (Å²) >= 11 is 0. The zero-order valence-corrected chi connectivity index (χ0v) is 7.54. The van der Waals surface area contributed by atoms with Gasteiger partial charge in [0, 0.05) is 12.4 Å². The molecule has 0 saturated heterocycles. The molecule has 0 spiro atoms. The summed E-state index contributed by atoms with van der Waals surface area (Å²) in [6.07, 6.45) is 4.60. The number of unbranched alkanes of at least 4 members (excludes halogenated alkanes) is 1. The Kier molecular flexibility index (Phi) is 3.81. The quantitative estimate of drug-likeness (QED) is 0.699. The van der Waals surface area contributed by atoms with E-state index in [-0.39, 0.29) is 0 Å². The summed E-state index contributed by atoms with van der Waals surface area (Å²) in [6, 6.07) is 0. The lowest BCUT2D eigenvalue weighted by atomic mass is 10.4. The third-order valence-corrected chi connectivity index (χ3v) is 1.45. The highest BCUT2D eigenvalue weighted by Gasteiger charge is 2.02. The summed E-state index contributed by atoms with van der Waals surface area (Å²) in [5, 5.41) is 2.45. The van der Waals surface area contributed by atoms with Gasteiger partial charge in [-0.1, -0.05) is 13.3 Å². The minimum absolute atomic E-state index is 0.404. The first-order valence-corrected chi connectivity index (χ1v) is 4.26. The van der Waals surface area contributed by atoms with Crippen molar-refractivity contribution in [2.24, 2.45) is 0 Å². The second kappa shape index (κ2) is 5.18. The van der Waals surface area contributed by atoms with E-state index in [0.29, 0.717) is 12.6 Å². The van der Waals surface area contributed by atoms with Crippen molar-refractivity contribution in [3.63, 3.8) is 0 Å². The van der Waals surface area contributed by atoms with Crippen molar-refractivity contribution in [2.75, 3.05) is 11.9 Å². The third-order valence-electron chi connectivity index (χ3n) is 1.45. The fraction of sp³-hybridized carbons (Fsp3) is 0.500. The number of ether oxygens (including phenoxy) is 1. The summed E-state index contributed by atoms with van der Waals surface area (Å²) in [4.78, 5) is 17.5. The van der Waals surface area contributed by atoms with Crippen LogP contribution in [-0.2, 0) is 4.74 Å². The van der Waals surface area contributed by atoms with E-state index in [1.807, 2.05) is 6.92 Å². The molecule has 1 rings (SSSR count). The Labute approximate surface area is 76.5 Å². The Balaban J connectivity index is 2.18. The van der Waals surface area contributed by atoms with Crippen LogP contribution >= 0.6 is 0 Å². The zero-order valence-electron chi connectivity index (χ0n) is 7.54. The lowest BCUT2D eigenvalue weighted by Crippen LogP contribution is -2.15. The lowest BCUT2D eigenvalue weighted by Gasteiger charge is -2.02. The van der Waals surface area contributed by atoms with Crippen LogP contribution in [-0.4, -0.2) is 22.7 Å². The number of carbonyl (C=O) groups excluding carboxylic acids is 1. The van der Waals surface area contributed by atoms with Crippen LogP contribution in [0.5, 0.6) is 0 Å². The van der Waals surface area contributed by atoms with Crippen LogP contribution in [0.1, 0.15) is 19.8 Å². The maximum absolute atomic E-state index is 11.0. The Bertz CT molecular complexity index is 246. The van der Waals surface area contributed by atoms with Crippen molar-refractivity contribution in [3.05, 3.63) is 12.4 Å². The van der Waals surface area contributed by atoms with Gasteiger partial charge < -0.3 is 9.72 Å². The fourth-order valence-corrected chi connectivity index (χ4v) is 0.776. The summed E-state index contributed by atoms with van der Waals surface area (Å²) < 4.78 is 4.85. The first-order valence-electron chi connectivity index (χ1n) is 4.26. The summed E-state index contributed by atoms with van der Waals surface area (Å²) in [7, 11) is 0. The number of amides is 1. The van der Waals surface area contributed by atoms with Gasteiger partial charge in [-0.2, -0.15) is 0 Å². The number of nitrogens with one attached hydrogen (secondary N) is 2. The molecule has 0 fully saturated rings. The minimum Gasteiger partial charge on any atom is -0.449 e. The minimum atomic E-state index is -0.469. The number of H-pyrrole nitrogens is 1. The molecule has 1 heterocycles. The summed E-state index contributed by atoms with van der Waals surface area (Å²) in [6.45, 7) is 2.48. The number of hydrogen-bond donors (Lipinski definition) is 2. The number of aromatic nitrogens is 2. The van der Waals surface area contributed by atoms with E-state index in [9.17, 15) is 4.79 Å². The van der Waals surface area contributed by atoms with E-state index in [4.69, 9.17) is 4.74 Å². The predicted octanol–water partition coefficient (Wildman–Crippen LogP) is 1.76. The highest BCUT2D eigenvalue weighted by Crippen LogP contribution is 1.96. The average Bonchev–Trinajstić information content (AvgIpc) is 2.57. The van der Waals surface area contributed by atoms with Gasteiger partial charge in [-0.25, -0.2) is 9.78 Å². The molecule has 0 aliphatic rings. The van der Waals surface area contributed by atoms with Gasteiger partial charge in [-0.15, -0.1) is 0 Å². The van der Waals surface area contributed by atoms with Gasteiger partial charge in [0.05, 0.1) is 6.61 Å². The van der Waals surface area contributed by atoms with E-state index >= 15 is 0 Å². The maximum atomic E-state index is 11.0. The first-order chi connectivity index (χ1) is 6.33. The molecule has 2 N–H and O–H groups in total. The van der Waals surface area contributed by atoms with E-state index in [1.54, 1.807) is 12.4 Å². The lowest BCUT2D eigenvalue weighted by molar-refractivity contribution is 0.159. The van der Waals surface area contributed by atoms with Gasteiger partial charge in [0.15, 0.2) is 0 Å². The van der Waals surface area contributed by atoms with Gasteiger partial charge in [0.1, 0.15) is 0 Å². The van der Waals surface area contributed by atoms with Crippen molar-refractivity contribution >= 4 is 12.0 Å². The van der Waals surface area contributed by atoms with Gasteiger partial charge in [0.2, 0.25) is 5.95 Å². The number of aromatic amines is 1. The molecule has 1 amide bonds. The Morgan fingerprint density at radius 3 is 3.23 bits per heavy atom. The van der Waals surface area contributed by atoms with Gasteiger partial charge in [-0.3, -0.25) is 5.32 Å². The van der Waals surface area contributed by atoms with Crippen LogP contribution in [0.4, 0.5) is 10.7 Å². The second-order valence-electron chi connectivity index (χ2n) is 2.55. The number of rotatable bonds is 4. The number of carbonyl (C=O) groups is 1. The van der Waals surface area contributed by atoms with Crippen LogP contribution in [0.3, 0.4) is 0 Å². The molecule has 5 heteroatoms. The molecule has 0 aliphatic carbocycles. The summed E-state index contributed by atoms with van der Waals surface area (Å²) in [5.41, 5.74) is 0. The van der Waals surface area contributed by atoms with Crippen molar-refractivity contribution in [3.8, 4) is 0 Å². The SMILES string of the molecule is CCCCOC(=O)Nc1ncc[nH]1. The van der Waals surface area contributed by atoms with Crippen molar-refractivity contribution in [1.82, 2.24) is 9.97 Å². The molecule has 0 aromatic carbocycles. The number of nitrogens with zero attached hydrogens (tertiary/aromatic N) is 1. The molecule has 0 unspecified atom stereocenters. The highest BCUT2D eigenvalue weighted by atomic mass is 16.5. The monoisotopic (exact) mass is 183 g/mol. The highest BCUT2D eigenvalue weighted by molar-refractivity contribution is 5.82. The van der Waals surface area contributed by atoms with Gasteiger partial charge in [-0.05, 0) is 6.42 Å². The Morgan fingerprint density at radius 1 is 1.77 bits per heavy atom. The smallest absolute Gasteiger partial charge is 0.413 e. The fourth-order valence-electron chi connectivity index (χ4n) is 0.776. The van der Waals surface area contributed by atoms with Crippen LogP contribution in [0, 0.1) is 0 Å². The second-order valence-corrected chi connectivity index (χ2v) is 2.55. The van der Waals surface area contributed by atoms with E-state index in [0.717, 1.165) is 12.8 Å². The van der Waals surface area contributed by atoms with Crippen molar-refractivity contribution in [1.29, 1.82) is 0 Å². The number of hydrogen-bond acceptors (Lipinski definition) is 3. The molecule has 0 atom stereocenters. The van der Waals surface area contributed by atoms with Crippen molar-refractivity contribution in [2.45, 2.75) is 19.8 Å². The molecule has 0 radical (unpaired) electrons. The van der Waals surface area contributed by atoms with Crippen LogP contribution in [0.2, 0.25) is 0 Å². The van der Waals surface area contributed by atoms with Crippen LogP contribution in [0.15, 0.2) is 12.4 Å². The molecule has 13 heavy (non-hydrogen) atoms. The molecule has 5 nitrogen and oxygen atoms in total. The topological polar surface area (TPSA) is 67.0 Å². The van der Waals surface area contributed by atoms with E-state index < -0.39 is 6.09 Å². The molecule has 0 saturated carbocycles. The van der Waals surface area contributed by atoms with E-state index in [2.05, 4.69) is 15.3 Å². The zero-order chi connectivity index (χ0) is 9.52. The molecular weight excluding hydrogens is 170 g/mol. The van der Waals surface area contributed by atoms with Crippen molar-refractivity contribution < 1.29 is 9.53 Å². The third kappa shape index (κ3) is 3.59. The first kappa shape index (κ1) is 9.57. The molecule has 1 aromatic heterocycles. The Hall–Kier alpha value is -1.52. The largest absolute Gasteiger partial charge is 0.449 e. The number of imidazole rings is 1. The summed E-state index contributed by atoms with van der Waals surface area (Å²) in [5.74, 6) is 0.404. The van der Waals surface area contributed by atoms with Gasteiger partial charge >= 0.3 is 6.09 Å². The van der Waals surface area contributed by atoms with Gasteiger partial charge in [0.25, 0.3) is 0 Å². The normalized spacial score (nSPS) is 9.62. The molecule has 72 valence electrons. The van der Waals surface area contributed by atoms with Crippen LogP contribution in [0.25, 0.3) is 0 Å². The molecular formula is C8H13N3O2. The molecule has 0 aliphatic heterocycles. The molecule has 1 aromatic rings. The van der Waals surface area contributed by atoms with Crippen LogP contribution < -0.4 is 5.32 Å². The standard InChI is InChI=1S/C8H13N3O2/c1-2-3-6-13-8(12)11-7-9-4-5-10-7/h4-5H,2-3,6H2,1H3,(H2,9,10,11,12). The maximum Gasteiger partial charge on any atom is 0.413 e. The average molecular weight is 183 g/mol. The predicted molar refractivity (Wildman–Crippen MR) is 48.5 cm³/mol. The molecule has 0 bridgehead atoms.